The van der Waals surface area contributed by atoms with E-state index in [1.54, 1.807) is 11.8 Å². The van der Waals surface area contributed by atoms with Gasteiger partial charge < -0.3 is 4.74 Å². The Kier molecular flexibility index (Phi) is 5.85. The summed E-state index contributed by atoms with van der Waals surface area (Å²) in [4.78, 5) is 13.5. The minimum atomic E-state index is -0.0261. The highest BCUT2D eigenvalue weighted by atomic mass is 35.5. The third-order valence-corrected chi connectivity index (χ3v) is 4.47. The lowest BCUT2D eigenvalue weighted by Crippen LogP contribution is -2.15. The van der Waals surface area contributed by atoms with E-state index in [0.717, 1.165) is 10.5 Å². The van der Waals surface area contributed by atoms with Crippen LogP contribution in [0.5, 0.6) is 0 Å². The summed E-state index contributed by atoms with van der Waals surface area (Å²) >= 11 is 7.59. The van der Waals surface area contributed by atoms with Crippen molar-refractivity contribution in [2.75, 3.05) is 19.5 Å². The predicted octanol–water partition coefficient (Wildman–Crippen LogP) is 3.47. The third-order valence-electron chi connectivity index (χ3n) is 3.02. The second-order valence-electron chi connectivity index (χ2n) is 4.53. The number of hydrogen-bond donors (Lipinski definition) is 0. The average molecular weight is 325 g/mol. The van der Waals surface area contributed by atoms with E-state index in [4.69, 9.17) is 16.3 Å². The zero-order chi connectivity index (χ0) is 15.2. The van der Waals surface area contributed by atoms with E-state index in [9.17, 15) is 4.79 Å². The van der Waals surface area contributed by atoms with Crippen LogP contribution in [0, 0.1) is 6.92 Å². The van der Waals surface area contributed by atoms with Crippen LogP contribution in [0.2, 0.25) is 5.02 Å². The Morgan fingerprint density at radius 1 is 1.43 bits per heavy atom. The van der Waals surface area contributed by atoms with Crippen molar-refractivity contribution in [2.45, 2.75) is 18.4 Å². The molecule has 2 aromatic rings. The van der Waals surface area contributed by atoms with Crippen molar-refractivity contribution in [1.82, 2.24) is 9.78 Å². The maximum Gasteiger partial charge on any atom is 0.192 e. The lowest BCUT2D eigenvalue weighted by atomic mass is 10.2. The largest absolute Gasteiger partial charge is 0.383 e. The summed E-state index contributed by atoms with van der Waals surface area (Å²) in [6, 6.07) is 7.99. The monoisotopic (exact) mass is 324 g/mol. The van der Waals surface area contributed by atoms with Crippen LogP contribution in [-0.2, 0) is 11.3 Å². The highest BCUT2D eigenvalue weighted by Gasteiger charge is 2.17. The molecule has 2 rings (SSSR count). The second kappa shape index (κ2) is 7.64. The van der Waals surface area contributed by atoms with E-state index in [1.165, 1.54) is 18.0 Å². The molecule has 0 amide bonds. The molecule has 112 valence electrons. The van der Waals surface area contributed by atoms with Crippen molar-refractivity contribution < 1.29 is 9.53 Å². The van der Waals surface area contributed by atoms with Crippen LogP contribution in [0.4, 0.5) is 0 Å². The summed E-state index contributed by atoms with van der Waals surface area (Å²) in [6.07, 6.45) is 1.50. The van der Waals surface area contributed by atoms with Gasteiger partial charge in [0.15, 0.2) is 5.78 Å². The van der Waals surface area contributed by atoms with Crippen LogP contribution in [0.15, 0.2) is 35.4 Å². The van der Waals surface area contributed by atoms with Crippen LogP contribution in [0.25, 0.3) is 0 Å². The lowest BCUT2D eigenvalue weighted by Gasteiger charge is -2.08. The standard InChI is InChI=1S/C15H17ClN2O2S/c1-11-5-3-4-6-14(11)21-10-13(19)15-12(16)9-17-18(15)7-8-20-2/h3-6,9H,7-8,10H2,1-2H3. The second-order valence-corrected chi connectivity index (χ2v) is 5.96. The van der Waals surface area contributed by atoms with Crippen LogP contribution in [-0.4, -0.2) is 35.0 Å². The van der Waals surface area contributed by atoms with Gasteiger partial charge in [-0.25, -0.2) is 0 Å². The highest BCUT2D eigenvalue weighted by molar-refractivity contribution is 8.00. The van der Waals surface area contributed by atoms with Crippen molar-refractivity contribution in [3.63, 3.8) is 0 Å². The van der Waals surface area contributed by atoms with E-state index in [0.29, 0.717) is 29.6 Å². The molecule has 21 heavy (non-hydrogen) atoms. The van der Waals surface area contributed by atoms with Crippen LogP contribution >= 0.6 is 23.4 Å². The number of methoxy groups -OCH3 is 1. The molecule has 0 N–H and O–H groups in total. The summed E-state index contributed by atoms with van der Waals surface area (Å²) in [7, 11) is 1.61. The van der Waals surface area contributed by atoms with Gasteiger partial charge >= 0.3 is 0 Å². The van der Waals surface area contributed by atoms with Gasteiger partial charge in [-0.15, -0.1) is 11.8 Å². The van der Waals surface area contributed by atoms with E-state index < -0.39 is 0 Å². The molecule has 4 nitrogen and oxygen atoms in total. The first-order chi connectivity index (χ1) is 10.1. The van der Waals surface area contributed by atoms with Crippen molar-refractivity contribution in [3.8, 4) is 0 Å². The van der Waals surface area contributed by atoms with E-state index >= 15 is 0 Å². The fourth-order valence-corrected chi connectivity index (χ4v) is 3.06. The SMILES string of the molecule is COCCn1ncc(Cl)c1C(=O)CSc1ccccc1C. The number of benzene rings is 1. The number of thioether (sulfide) groups is 1. The van der Waals surface area contributed by atoms with Crippen LogP contribution < -0.4 is 0 Å². The number of carbonyl (C=O) groups is 1. The zero-order valence-electron chi connectivity index (χ0n) is 12.0. The molecule has 0 fully saturated rings. The number of aromatic nitrogens is 2. The molecule has 0 aliphatic rings. The summed E-state index contributed by atoms with van der Waals surface area (Å²) in [5, 5.41) is 4.51. The maximum absolute atomic E-state index is 12.4. The van der Waals surface area contributed by atoms with Crippen molar-refractivity contribution >= 4 is 29.1 Å². The maximum atomic E-state index is 12.4. The van der Waals surface area contributed by atoms with Gasteiger partial charge in [0.2, 0.25) is 0 Å². The molecule has 1 aromatic heterocycles. The third kappa shape index (κ3) is 4.09. The number of aryl methyl sites for hydroxylation is 1. The average Bonchev–Trinajstić information content (AvgIpc) is 2.85. The Morgan fingerprint density at radius 2 is 2.19 bits per heavy atom. The van der Waals surface area contributed by atoms with Gasteiger partial charge in [0, 0.05) is 12.0 Å². The van der Waals surface area contributed by atoms with E-state index in [1.807, 2.05) is 31.2 Å². The fraction of sp³-hybridized carbons (Fsp3) is 0.333. The van der Waals surface area contributed by atoms with Gasteiger partial charge in [-0.3, -0.25) is 9.48 Å². The Labute approximate surface area is 133 Å². The molecule has 0 saturated heterocycles. The lowest BCUT2D eigenvalue weighted by molar-refractivity contribution is 0.100. The molecule has 0 spiro atoms. The van der Waals surface area contributed by atoms with E-state index in [-0.39, 0.29) is 5.78 Å². The van der Waals surface area contributed by atoms with Gasteiger partial charge in [-0.05, 0) is 18.6 Å². The molecule has 6 heteroatoms. The van der Waals surface area contributed by atoms with Gasteiger partial charge in [0.25, 0.3) is 0 Å². The van der Waals surface area contributed by atoms with Crippen molar-refractivity contribution in [2.24, 2.45) is 0 Å². The summed E-state index contributed by atoms with van der Waals surface area (Å²) in [6.45, 7) is 3.03. The zero-order valence-corrected chi connectivity index (χ0v) is 13.6. The smallest absolute Gasteiger partial charge is 0.192 e. The molecular weight excluding hydrogens is 308 g/mol. The molecule has 0 bridgehead atoms. The molecule has 0 radical (unpaired) electrons. The molecule has 0 aliphatic heterocycles. The quantitative estimate of drug-likeness (QED) is 0.578. The van der Waals surface area contributed by atoms with Crippen LogP contribution in [0.1, 0.15) is 16.1 Å². The molecule has 0 aliphatic carbocycles. The first-order valence-corrected chi connectivity index (χ1v) is 7.91. The molecule has 0 unspecified atom stereocenters. The Bertz CT molecular complexity index is 628. The first kappa shape index (κ1) is 16.1. The number of carbonyl (C=O) groups excluding carboxylic acids is 1. The molecule has 0 atom stereocenters. The van der Waals surface area contributed by atoms with Gasteiger partial charge in [0.05, 0.1) is 30.1 Å². The van der Waals surface area contributed by atoms with Gasteiger partial charge in [0.1, 0.15) is 5.69 Å². The topological polar surface area (TPSA) is 44.1 Å². The minimum Gasteiger partial charge on any atom is -0.383 e. The molecule has 1 heterocycles. The first-order valence-electron chi connectivity index (χ1n) is 6.55. The van der Waals surface area contributed by atoms with Crippen molar-refractivity contribution in [3.05, 3.63) is 46.7 Å². The Balaban J connectivity index is 2.07. The highest BCUT2D eigenvalue weighted by Crippen LogP contribution is 2.24. The molecule has 1 aromatic carbocycles. The number of hydrogen-bond acceptors (Lipinski definition) is 4. The number of nitrogens with zero attached hydrogens (tertiary/aromatic N) is 2. The fourth-order valence-electron chi connectivity index (χ4n) is 1.92. The van der Waals surface area contributed by atoms with Gasteiger partial charge in [-0.1, -0.05) is 29.8 Å². The number of ether oxygens (including phenoxy) is 1. The Hall–Kier alpha value is -1.30. The number of Topliss-reactive ketones (excluding diaryl/α,β-unsaturated/α-hetero) is 1. The van der Waals surface area contributed by atoms with Crippen molar-refractivity contribution in [1.29, 1.82) is 0 Å². The summed E-state index contributed by atoms with van der Waals surface area (Å²) < 4.78 is 6.62. The normalized spacial score (nSPS) is 10.8. The predicted molar refractivity (Wildman–Crippen MR) is 85.3 cm³/mol. The van der Waals surface area contributed by atoms with Gasteiger partial charge in [-0.2, -0.15) is 5.10 Å². The van der Waals surface area contributed by atoms with E-state index in [2.05, 4.69) is 5.10 Å². The molecule has 0 saturated carbocycles. The Morgan fingerprint density at radius 3 is 2.90 bits per heavy atom. The number of rotatable bonds is 7. The number of ketones is 1. The number of halogens is 1. The molecular formula is C15H17ClN2O2S. The van der Waals surface area contributed by atoms with Crippen LogP contribution in [0.3, 0.4) is 0 Å². The minimum absolute atomic E-state index is 0.0261. The summed E-state index contributed by atoms with van der Waals surface area (Å²) in [5.74, 6) is 0.310. The summed E-state index contributed by atoms with van der Waals surface area (Å²) in [5.41, 5.74) is 1.61.